The number of nitrogens with zero attached hydrogens (tertiary/aromatic N) is 1. The maximum atomic E-state index is 9.38. The summed E-state index contributed by atoms with van der Waals surface area (Å²) < 4.78 is 5.29. The summed E-state index contributed by atoms with van der Waals surface area (Å²) >= 11 is 0. The lowest BCUT2D eigenvalue weighted by Crippen LogP contribution is -2.31. The first-order valence-corrected chi connectivity index (χ1v) is 5.42. The third kappa shape index (κ3) is 2.45. The van der Waals surface area contributed by atoms with Crippen LogP contribution < -0.4 is 0 Å². The Morgan fingerprint density at radius 2 is 1.64 bits per heavy atom. The number of hydrogen-bond donors (Lipinski definition) is 2. The van der Waals surface area contributed by atoms with Crippen LogP contribution in [0.4, 0.5) is 0 Å². The standard InChI is InChI=1S/C10H19NO3/c12-9-6-11(7-10(9)13)5-8-1-3-14-4-2-8/h8-10,12-13H,1-7H2/t9-,10+. The summed E-state index contributed by atoms with van der Waals surface area (Å²) in [5, 5.41) is 18.8. The Hall–Kier alpha value is -0.160. The van der Waals surface area contributed by atoms with Crippen molar-refractivity contribution in [2.45, 2.75) is 25.0 Å². The Morgan fingerprint density at radius 3 is 2.21 bits per heavy atom. The molecule has 14 heavy (non-hydrogen) atoms. The van der Waals surface area contributed by atoms with Crippen LogP contribution in [0.25, 0.3) is 0 Å². The minimum absolute atomic E-state index is 0.546. The van der Waals surface area contributed by atoms with E-state index >= 15 is 0 Å². The molecule has 2 N–H and O–H groups in total. The van der Waals surface area contributed by atoms with Gasteiger partial charge in [0.1, 0.15) is 0 Å². The molecule has 2 rings (SSSR count). The maximum Gasteiger partial charge on any atom is 0.0938 e. The number of hydrogen-bond acceptors (Lipinski definition) is 4. The monoisotopic (exact) mass is 201 g/mol. The highest BCUT2D eigenvalue weighted by molar-refractivity contribution is 4.84. The van der Waals surface area contributed by atoms with Gasteiger partial charge in [0.05, 0.1) is 12.2 Å². The van der Waals surface area contributed by atoms with Crippen LogP contribution in [0, 0.1) is 5.92 Å². The number of likely N-dealkylation sites (tertiary alicyclic amines) is 1. The highest BCUT2D eigenvalue weighted by Gasteiger charge is 2.30. The predicted molar refractivity (Wildman–Crippen MR) is 52.0 cm³/mol. The summed E-state index contributed by atoms with van der Waals surface area (Å²) in [7, 11) is 0. The quantitative estimate of drug-likeness (QED) is 0.629. The van der Waals surface area contributed by atoms with Crippen molar-refractivity contribution < 1.29 is 14.9 Å². The van der Waals surface area contributed by atoms with Gasteiger partial charge >= 0.3 is 0 Å². The molecule has 2 fully saturated rings. The second kappa shape index (κ2) is 4.57. The Kier molecular flexibility index (Phi) is 3.38. The van der Waals surface area contributed by atoms with Gasteiger partial charge in [0.15, 0.2) is 0 Å². The summed E-state index contributed by atoms with van der Waals surface area (Å²) in [4.78, 5) is 2.16. The van der Waals surface area contributed by atoms with Crippen LogP contribution >= 0.6 is 0 Å². The van der Waals surface area contributed by atoms with E-state index in [0.29, 0.717) is 19.0 Å². The Morgan fingerprint density at radius 1 is 1.07 bits per heavy atom. The van der Waals surface area contributed by atoms with Crippen LogP contribution in [0.1, 0.15) is 12.8 Å². The summed E-state index contributed by atoms with van der Waals surface area (Å²) in [6.07, 6.45) is 1.13. The molecule has 0 aliphatic carbocycles. The number of aliphatic hydroxyl groups is 2. The van der Waals surface area contributed by atoms with E-state index < -0.39 is 12.2 Å². The van der Waals surface area contributed by atoms with E-state index in [1.165, 1.54) is 0 Å². The molecule has 2 aliphatic heterocycles. The van der Waals surface area contributed by atoms with E-state index in [-0.39, 0.29) is 0 Å². The van der Waals surface area contributed by atoms with Crippen LogP contribution in [0.5, 0.6) is 0 Å². The zero-order valence-electron chi connectivity index (χ0n) is 8.43. The molecular weight excluding hydrogens is 182 g/mol. The predicted octanol–water partition coefficient (Wildman–Crippen LogP) is -0.550. The molecule has 0 amide bonds. The topological polar surface area (TPSA) is 52.9 Å². The third-order valence-corrected chi connectivity index (χ3v) is 3.19. The SMILES string of the molecule is O[C@@H]1CN(CC2CCOCC2)C[C@@H]1O. The van der Waals surface area contributed by atoms with Crippen LogP contribution in [-0.4, -0.2) is 60.2 Å². The fraction of sp³-hybridized carbons (Fsp3) is 1.00. The molecule has 4 heteroatoms. The van der Waals surface area contributed by atoms with Crippen LogP contribution in [-0.2, 0) is 4.74 Å². The third-order valence-electron chi connectivity index (χ3n) is 3.19. The molecule has 0 aromatic rings. The fourth-order valence-electron chi connectivity index (χ4n) is 2.29. The highest BCUT2D eigenvalue weighted by atomic mass is 16.5. The maximum absolute atomic E-state index is 9.38. The fourth-order valence-corrected chi connectivity index (χ4v) is 2.29. The average Bonchev–Trinajstić information content (AvgIpc) is 2.47. The number of ether oxygens (including phenoxy) is 1. The van der Waals surface area contributed by atoms with Crippen molar-refractivity contribution in [3.8, 4) is 0 Å². The molecule has 0 saturated carbocycles. The molecule has 0 aromatic carbocycles. The molecule has 0 radical (unpaired) electrons. The van der Waals surface area contributed by atoms with E-state index in [1.807, 2.05) is 0 Å². The Balaban J connectivity index is 1.74. The van der Waals surface area contributed by atoms with Gasteiger partial charge in [0.2, 0.25) is 0 Å². The minimum atomic E-state index is -0.546. The van der Waals surface area contributed by atoms with E-state index in [2.05, 4.69) is 4.90 Å². The first-order chi connectivity index (χ1) is 6.75. The largest absolute Gasteiger partial charge is 0.389 e. The molecule has 2 heterocycles. The van der Waals surface area contributed by atoms with Gasteiger partial charge in [0.25, 0.3) is 0 Å². The molecule has 0 spiro atoms. The minimum Gasteiger partial charge on any atom is -0.389 e. The van der Waals surface area contributed by atoms with E-state index in [1.54, 1.807) is 0 Å². The van der Waals surface area contributed by atoms with Crippen LogP contribution in [0.2, 0.25) is 0 Å². The summed E-state index contributed by atoms with van der Waals surface area (Å²) in [5.74, 6) is 0.682. The molecule has 0 unspecified atom stereocenters. The summed E-state index contributed by atoms with van der Waals surface area (Å²) in [6.45, 7) is 3.97. The van der Waals surface area contributed by atoms with Crippen molar-refractivity contribution in [3.05, 3.63) is 0 Å². The van der Waals surface area contributed by atoms with Crippen molar-refractivity contribution in [3.63, 3.8) is 0 Å². The van der Waals surface area contributed by atoms with E-state index in [0.717, 1.165) is 32.6 Å². The Bertz CT molecular complexity index is 172. The van der Waals surface area contributed by atoms with Gasteiger partial charge in [-0.3, -0.25) is 4.90 Å². The van der Waals surface area contributed by atoms with E-state index in [4.69, 9.17) is 4.74 Å². The van der Waals surface area contributed by atoms with Gasteiger partial charge in [-0.1, -0.05) is 0 Å². The Labute approximate surface area is 84.5 Å². The van der Waals surface area contributed by atoms with Gasteiger partial charge in [-0.05, 0) is 18.8 Å². The normalized spacial score (nSPS) is 36.4. The number of β-amino-alcohol motifs (C(OH)–C–C–N with tert-alkyl or cyclic N) is 2. The molecule has 0 bridgehead atoms. The van der Waals surface area contributed by atoms with Gasteiger partial charge < -0.3 is 14.9 Å². The van der Waals surface area contributed by atoms with Gasteiger partial charge in [-0.25, -0.2) is 0 Å². The zero-order valence-corrected chi connectivity index (χ0v) is 8.43. The zero-order chi connectivity index (χ0) is 9.97. The lowest BCUT2D eigenvalue weighted by Gasteiger charge is -2.26. The van der Waals surface area contributed by atoms with Crippen LogP contribution in [0.15, 0.2) is 0 Å². The van der Waals surface area contributed by atoms with Crippen molar-refractivity contribution in [1.82, 2.24) is 4.90 Å². The highest BCUT2D eigenvalue weighted by Crippen LogP contribution is 2.19. The van der Waals surface area contributed by atoms with Crippen molar-refractivity contribution >= 4 is 0 Å². The molecule has 2 atom stereocenters. The van der Waals surface area contributed by atoms with Gasteiger partial charge in [-0.2, -0.15) is 0 Å². The summed E-state index contributed by atoms with van der Waals surface area (Å²) in [6, 6.07) is 0. The van der Waals surface area contributed by atoms with E-state index in [9.17, 15) is 10.2 Å². The lowest BCUT2D eigenvalue weighted by molar-refractivity contribution is 0.0537. The van der Waals surface area contributed by atoms with Gasteiger partial charge in [-0.15, -0.1) is 0 Å². The summed E-state index contributed by atoms with van der Waals surface area (Å²) in [5.41, 5.74) is 0. The molecule has 0 aromatic heterocycles. The first kappa shape index (κ1) is 10.4. The molecule has 82 valence electrons. The molecule has 2 aliphatic rings. The lowest BCUT2D eigenvalue weighted by atomic mass is 10.00. The second-order valence-corrected chi connectivity index (χ2v) is 4.41. The van der Waals surface area contributed by atoms with Crippen molar-refractivity contribution in [1.29, 1.82) is 0 Å². The average molecular weight is 201 g/mol. The molecular formula is C10H19NO3. The smallest absolute Gasteiger partial charge is 0.0938 e. The second-order valence-electron chi connectivity index (χ2n) is 4.41. The molecule has 4 nitrogen and oxygen atoms in total. The number of aliphatic hydroxyl groups excluding tert-OH is 2. The molecule has 2 saturated heterocycles. The van der Waals surface area contributed by atoms with Crippen molar-refractivity contribution in [2.75, 3.05) is 32.8 Å². The number of rotatable bonds is 2. The van der Waals surface area contributed by atoms with Crippen LogP contribution in [0.3, 0.4) is 0 Å². The first-order valence-electron chi connectivity index (χ1n) is 5.42. The van der Waals surface area contributed by atoms with Crippen molar-refractivity contribution in [2.24, 2.45) is 5.92 Å². The van der Waals surface area contributed by atoms with Gasteiger partial charge in [0, 0.05) is 32.8 Å².